The molecule has 1 aliphatic heterocycles. The molecule has 1 aromatic carbocycles. The lowest BCUT2D eigenvalue weighted by Crippen LogP contribution is -2.39. The van der Waals surface area contributed by atoms with Crippen molar-refractivity contribution in [3.63, 3.8) is 0 Å². The number of nitrogens with two attached hydrogens (primary N) is 1. The zero-order valence-electron chi connectivity index (χ0n) is 12.6. The number of likely N-dealkylation sites (N-methyl/N-ethyl adjacent to an activating group) is 2. The predicted molar refractivity (Wildman–Crippen MR) is 87.5 cm³/mol. The van der Waals surface area contributed by atoms with Gasteiger partial charge in [-0.3, -0.25) is 4.90 Å². The summed E-state index contributed by atoms with van der Waals surface area (Å²) in [5, 5.41) is 12.6. The first kappa shape index (κ1) is 15.9. The summed E-state index contributed by atoms with van der Waals surface area (Å²) in [6.07, 6.45) is 2.46. The van der Waals surface area contributed by atoms with E-state index >= 15 is 0 Å². The van der Waals surface area contributed by atoms with Crippen LogP contribution in [0.25, 0.3) is 0 Å². The highest BCUT2D eigenvalue weighted by atomic mass is 35.5. The Labute approximate surface area is 131 Å². The summed E-state index contributed by atoms with van der Waals surface area (Å²) in [4.78, 5) is 4.65. The molecule has 21 heavy (non-hydrogen) atoms. The second-order valence-electron chi connectivity index (χ2n) is 5.45. The summed E-state index contributed by atoms with van der Waals surface area (Å²) in [7, 11) is 2.03. The SMILES string of the molecule is CCN1CCCC1CN(C)c1ccc(Cl)cc1C(N)=NO. The molecule has 0 aliphatic carbocycles. The molecule has 116 valence electrons. The van der Waals surface area contributed by atoms with Gasteiger partial charge in [-0.25, -0.2) is 0 Å². The third-order valence-electron chi connectivity index (χ3n) is 4.14. The normalized spacial score (nSPS) is 20.0. The molecular weight excluding hydrogens is 288 g/mol. The number of amidine groups is 1. The van der Waals surface area contributed by atoms with Gasteiger partial charge in [-0.15, -0.1) is 0 Å². The van der Waals surface area contributed by atoms with E-state index in [0.717, 1.165) is 18.8 Å². The Bertz CT molecular complexity index is 520. The number of halogens is 1. The summed E-state index contributed by atoms with van der Waals surface area (Å²) in [5.74, 6) is 0.0816. The monoisotopic (exact) mass is 310 g/mol. The van der Waals surface area contributed by atoms with E-state index in [1.807, 2.05) is 19.2 Å². The molecule has 1 aliphatic rings. The van der Waals surface area contributed by atoms with Crippen molar-refractivity contribution in [1.82, 2.24) is 4.90 Å². The van der Waals surface area contributed by atoms with Crippen molar-refractivity contribution in [3.05, 3.63) is 28.8 Å². The van der Waals surface area contributed by atoms with Crippen LogP contribution in [0, 0.1) is 0 Å². The van der Waals surface area contributed by atoms with Crippen LogP contribution in [0.15, 0.2) is 23.4 Å². The minimum Gasteiger partial charge on any atom is -0.409 e. The van der Waals surface area contributed by atoms with Crippen molar-refractivity contribution in [2.75, 3.05) is 31.6 Å². The Morgan fingerprint density at radius 2 is 2.33 bits per heavy atom. The van der Waals surface area contributed by atoms with Gasteiger partial charge in [0.1, 0.15) is 0 Å². The quantitative estimate of drug-likeness (QED) is 0.379. The predicted octanol–water partition coefficient (Wildman–Crippen LogP) is 2.35. The molecule has 5 nitrogen and oxygen atoms in total. The maximum absolute atomic E-state index is 8.94. The van der Waals surface area contributed by atoms with Crippen LogP contribution in [-0.4, -0.2) is 48.7 Å². The zero-order chi connectivity index (χ0) is 15.4. The van der Waals surface area contributed by atoms with Crippen LogP contribution in [0.3, 0.4) is 0 Å². The van der Waals surface area contributed by atoms with E-state index in [4.69, 9.17) is 22.5 Å². The van der Waals surface area contributed by atoms with E-state index in [2.05, 4.69) is 21.9 Å². The Kier molecular flexibility index (Phi) is 5.31. The average Bonchev–Trinajstić information content (AvgIpc) is 2.93. The molecule has 3 N–H and O–H groups in total. The van der Waals surface area contributed by atoms with Gasteiger partial charge < -0.3 is 15.8 Å². The highest BCUT2D eigenvalue weighted by molar-refractivity contribution is 6.31. The first-order valence-corrected chi connectivity index (χ1v) is 7.67. The topological polar surface area (TPSA) is 65.1 Å². The maximum atomic E-state index is 8.94. The van der Waals surface area contributed by atoms with Gasteiger partial charge in [0.25, 0.3) is 0 Å². The third kappa shape index (κ3) is 3.60. The van der Waals surface area contributed by atoms with Crippen LogP contribution in [0.1, 0.15) is 25.3 Å². The molecule has 0 radical (unpaired) electrons. The number of benzene rings is 1. The second-order valence-corrected chi connectivity index (χ2v) is 5.89. The largest absolute Gasteiger partial charge is 0.409 e. The number of hydrogen-bond donors (Lipinski definition) is 2. The first-order chi connectivity index (χ1) is 10.1. The van der Waals surface area contributed by atoms with Crippen LogP contribution >= 0.6 is 11.6 Å². The molecule has 2 rings (SSSR count). The van der Waals surface area contributed by atoms with Gasteiger partial charge in [0.2, 0.25) is 0 Å². The van der Waals surface area contributed by atoms with Crippen molar-refractivity contribution in [2.24, 2.45) is 10.9 Å². The van der Waals surface area contributed by atoms with Gasteiger partial charge in [-0.2, -0.15) is 0 Å². The van der Waals surface area contributed by atoms with Crippen molar-refractivity contribution in [2.45, 2.75) is 25.8 Å². The van der Waals surface area contributed by atoms with Crippen LogP contribution in [0.5, 0.6) is 0 Å². The summed E-state index contributed by atoms with van der Waals surface area (Å²) in [5.41, 5.74) is 7.36. The zero-order valence-corrected chi connectivity index (χ0v) is 13.3. The molecular formula is C15H23ClN4O. The fourth-order valence-corrected chi connectivity index (χ4v) is 3.20. The average molecular weight is 311 g/mol. The molecule has 1 unspecified atom stereocenters. The van der Waals surface area contributed by atoms with E-state index in [-0.39, 0.29) is 5.84 Å². The fourth-order valence-electron chi connectivity index (χ4n) is 3.03. The molecule has 6 heteroatoms. The molecule has 0 saturated carbocycles. The van der Waals surface area contributed by atoms with E-state index < -0.39 is 0 Å². The summed E-state index contributed by atoms with van der Waals surface area (Å²) in [6.45, 7) is 5.36. The van der Waals surface area contributed by atoms with Crippen molar-refractivity contribution >= 4 is 23.1 Å². The standard InChI is InChI=1S/C15H23ClN4O/c1-3-20-8-4-5-12(20)10-19(2)14-7-6-11(16)9-13(14)15(17)18-21/h6-7,9,12,21H,3-5,8,10H2,1-2H3,(H2,17,18). The summed E-state index contributed by atoms with van der Waals surface area (Å²) >= 11 is 6.02. The molecule has 0 spiro atoms. The molecule has 1 heterocycles. The Morgan fingerprint density at radius 3 is 3.00 bits per heavy atom. The minimum atomic E-state index is 0.0816. The number of rotatable bonds is 5. The Morgan fingerprint density at radius 1 is 1.57 bits per heavy atom. The molecule has 0 bridgehead atoms. The van der Waals surface area contributed by atoms with Crippen molar-refractivity contribution < 1.29 is 5.21 Å². The van der Waals surface area contributed by atoms with E-state index in [1.165, 1.54) is 19.4 Å². The van der Waals surface area contributed by atoms with Crippen LogP contribution in [0.2, 0.25) is 5.02 Å². The van der Waals surface area contributed by atoms with E-state index in [9.17, 15) is 0 Å². The van der Waals surface area contributed by atoms with Gasteiger partial charge in [0.15, 0.2) is 5.84 Å². The van der Waals surface area contributed by atoms with Crippen LogP contribution in [0.4, 0.5) is 5.69 Å². The number of anilines is 1. The lowest BCUT2D eigenvalue weighted by molar-refractivity contribution is 0.270. The number of hydrogen-bond acceptors (Lipinski definition) is 4. The molecule has 1 saturated heterocycles. The highest BCUT2D eigenvalue weighted by Crippen LogP contribution is 2.26. The highest BCUT2D eigenvalue weighted by Gasteiger charge is 2.25. The molecule has 1 aromatic rings. The van der Waals surface area contributed by atoms with Gasteiger partial charge in [0, 0.05) is 35.9 Å². The molecule has 0 amide bonds. The third-order valence-corrected chi connectivity index (χ3v) is 4.38. The van der Waals surface area contributed by atoms with Gasteiger partial charge >= 0.3 is 0 Å². The van der Waals surface area contributed by atoms with Crippen molar-refractivity contribution in [1.29, 1.82) is 0 Å². The summed E-state index contributed by atoms with van der Waals surface area (Å²) in [6, 6.07) is 6.03. The van der Waals surface area contributed by atoms with Crippen LogP contribution in [-0.2, 0) is 0 Å². The van der Waals surface area contributed by atoms with Gasteiger partial charge in [0.05, 0.1) is 0 Å². The Hall–Kier alpha value is -1.46. The number of nitrogens with zero attached hydrogens (tertiary/aromatic N) is 3. The summed E-state index contributed by atoms with van der Waals surface area (Å²) < 4.78 is 0. The van der Waals surface area contributed by atoms with Crippen LogP contribution < -0.4 is 10.6 Å². The number of likely N-dealkylation sites (tertiary alicyclic amines) is 1. The molecule has 1 fully saturated rings. The minimum absolute atomic E-state index is 0.0816. The number of oxime groups is 1. The van der Waals surface area contributed by atoms with Gasteiger partial charge in [-0.1, -0.05) is 23.7 Å². The maximum Gasteiger partial charge on any atom is 0.172 e. The lowest BCUT2D eigenvalue weighted by atomic mass is 10.1. The Balaban J connectivity index is 2.20. The first-order valence-electron chi connectivity index (χ1n) is 7.29. The van der Waals surface area contributed by atoms with Crippen molar-refractivity contribution in [3.8, 4) is 0 Å². The lowest BCUT2D eigenvalue weighted by Gasteiger charge is -2.30. The smallest absolute Gasteiger partial charge is 0.172 e. The van der Waals surface area contributed by atoms with Gasteiger partial charge in [-0.05, 0) is 44.1 Å². The van der Waals surface area contributed by atoms with E-state index in [0.29, 0.717) is 16.6 Å². The fraction of sp³-hybridized carbons (Fsp3) is 0.533. The molecule has 1 atom stereocenters. The van der Waals surface area contributed by atoms with E-state index in [1.54, 1.807) is 6.07 Å². The molecule has 0 aromatic heterocycles. The second kappa shape index (κ2) is 7.00.